The van der Waals surface area contributed by atoms with Gasteiger partial charge in [0.1, 0.15) is 0 Å². The first-order valence-electron chi connectivity index (χ1n) is 7.28. The largest absolute Gasteiger partial charge is 0.330 e. The second-order valence-corrected chi connectivity index (χ2v) is 5.14. The molecule has 0 fully saturated rings. The Kier molecular flexibility index (Phi) is 4.21. The predicted octanol–water partition coefficient (Wildman–Crippen LogP) is 2.16. The first-order valence-corrected chi connectivity index (χ1v) is 7.28. The number of rotatable bonds is 6. The SMILES string of the molecule is NCCCCc1cn(Cc2ccnc3ccccc23)nn1. The molecule has 0 amide bonds. The highest BCUT2D eigenvalue weighted by Crippen LogP contribution is 2.17. The molecule has 3 rings (SSSR count). The maximum atomic E-state index is 5.51. The lowest BCUT2D eigenvalue weighted by Gasteiger charge is -2.05. The van der Waals surface area contributed by atoms with Crippen LogP contribution in [0.25, 0.3) is 10.9 Å². The highest BCUT2D eigenvalue weighted by Gasteiger charge is 2.05. The molecule has 0 aliphatic heterocycles. The van der Waals surface area contributed by atoms with Gasteiger partial charge in [0.15, 0.2) is 0 Å². The molecule has 0 aliphatic carbocycles. The summed E-state index contributed by atoms with van der Waals surface area (Å²) in [4.78, 5) is 4.38. The van der Waals surface area contributed by atoms with Gasteiger partial charge >= 0.3 is 0 Å². The monoisotopic (exact) mass is 281 g/mol. The Balaban J connectivity index is 1.76. The van der Waals surface area contributed by atoms with E-state index in [0.29, 0.717) is 6.54 Å². The number of aromatic nitrogens is 4. The van der Waals surface area contributed by atoms with Crippen LogP contribution in [-0.4, -0.2) is 26.5 Å². The third kappa shape index (κ3) is 3.25. The molecule has 1 aromatic carbocycles. The molecule has 0 bridgehead atoms. The second kappa shape index (κ2) is 6.45. The third-order valence-corrected chi connectivity index (χ3v) is 3.54. The molecule has 2 aromatic heterocycles. The summed E-state index contributed by atoms with van der Waals surface area (Å²) in [6.07, 6.45) is 6.89. The van der Waals surface area contributed by atoms with E-state index in [-0.39, 0.29) is 0 Å². The Hall–Kier alpha value is -2.27. The van der Waals surface area contributed by atoms with E-state index >= 15 is 0 Å². The number of aryl methyl sites for hydroxylation is 1. The van der Waals surface area contributed by atoms with Gasteiger partial charge in [0.2, 0.25) is 0 Å². The fraction of sp³-hybridized carbons (Fsp3) is 0.312. The molecule has 3 aromatic rings. The van der Waals surface area contributed by atoms with Crippen LogP contribution in [0, 0.1) is 0 Å². The van der Waals surface area contributed by atoms with E-state index in [1.807, 2.05) is 41.3 Å². The highest BCUT2D eigenvalue weighted by atomic mass is 15.4. The quantitative estimate of drug-likeness (QED) is 0.703. The van der Waals surface area contributed by atoms with Crippen LogP contribution in [0.2, 0.25) is 0 Å². The van der Waals surface area contributed by atoms with Crippen molar-refractivity contribution in [1.82, 2.24) is 20.0 Å². The zero-order valence-electron chi connectivity index (χ0n) is 11.9. The molecule has 0 unspecified atom stereocenters. The Morgan fingerprint density at radius 2 is 2.00 bits per heavy atom. The topological polar surface area (TPSA) is 69.6 Å². The van der Waals surface area contributed by atoms with E-state index in [9.17, 15) is 0 Å². The molecular weight excluding hydrogens is 262 g/mol. The van der Waals surface area contributed by atoms with Crippen molar-refractivity contribution in [3.8, 4) is 0 Å². The number of nitrogens with two attached hydrogens (primary N) is 1. The Labute approximate surface area is 123 Å². The van der Waals surface area contributed by atoms with E-state index in [1.54, 1.807) is 0 Å². The number of hydrogen-bond acceptors (Lipinski definition) is 4. The molecule has 0 spiro atoms. The summed E-state index contributed by atoms with van der Waals surface area (Å²) in [5, 5.41) is 9.60. The summed E-state index contributed by atoms with van der Waals surface area (Å²) < 4.78 is 1.89. The minimum absolute atomic E-state index is 0.715. The van der Waals surface area contributed by atoms with Crippen molar-refractivity contribution in [2.45, 2.75) is 25.8 Å². The van der Waals surface area contributed by atoms with E-state index in [2.05, 4.69) is 21.4 Å². The van der Waals surface area contributed by atoms with Gasteiger partial charge in [0, 0.05) is 17.8 Å². The fourth-order valence-corrected chi connectivity index (χ4v) is 2.45. The van der Waals surface area contributed by atoms with Crippen molar-refractivity contribution < 1.29 is 0 Å². The van der Waals surface area contributed by atoms with Gasteiger partial charge in [0.25, 0.3) is 0 Å². The van der Waals surface area contributed by atoms with Gasteiger partial charge in [-0.25, -0.2) is 4.68 Å². The van der Waals surface area contributed by atoms with Crippen LogP contribution < -0.4 is 5.73 Å². The van der Waals surface area contributed by atoms with Gasteiger partial charge in [-0.1, -0.05) is 23.4 Å². The lowest BCUT2D eigenvalue weighted by molar-refractivity contribution is 0.651. The average molecular weight is 281 g/mol. The Morgan fingerprint density at radius 1 is 1.10 bits per heavy atom. The molecule has 0 aliphatic rings. The van der Waals surface area contributed by atoms with Crippen molar-refractivity contribution in [2.24, 2.45) is 5.73 Å². The Morgan fingerprint density at radius 3 is 2.90 bits per heavy atom. The maximum absolute atomic E-state index is 5.51. The molecular formula is C16H19N5. The molecule has 0 atom stereocenters. The predicted molar refractivity (Wildman–Crippen MR) is 82.9 cm³/mol. The Bertz CT molecular complexity index is 714. The van der Waals surface area contributed by atoms with Gasteiger partial charge in [0.05, 0.1) is 17.8 Å². The molecule has 2 heterocycles. The van der Waals surface area contributed by atoms with Gasteiger partial charge in [-0.3, -0.25) is 4.98 Å². The summed E-state index contributed by atoms with van der Waals surface area (Å²) in [6.45, 7) is 1.45. The van der Waals surface area contributed by atoms with Crippen LogP contribution in [0.5, 0.6) is 0 Å². The van der Waals surface area contributed by atoms with Crippen LogP contribution in [0.4, 0.5) is 0 Å². The van der Waals surface area contributed by atoms with Gasteiger partial charge in [-0.2, -0.15) is 0 Å². The average Bonchev–Trinajstić information content (AvgIpc) is 2.96. The van der Waals surface area contributed by atoms with E-state index in [0.717, 1.165) is 37.0 Å². The molecule has 108 valence electrons. The smallest absolute Gasteiger partial charge is 0.0827 e. The number of pyridine rings is 1. The molecule has 0 saturated heterocycles. The molecule has 0 radical (unpaired) electrons. The normalized spacial score (nSPS) is 11.1. The van der Waals surface area contributed by atoms with Crippen molar-refractivity contribution in [2.75, 3.05) is 6.54 Å². The highest BCUT2D eigenvalue weighted by molar-refractivity contribution is 5.81. The summed E-state index contributed by atoms with van der Waals surface area (Å²) in [5.41, 5.74) is 8.75. The summed E-state index contributed by atoms with van der Waals surface area (Å²) in [7, 11) is 0. The van der Waals surface area contributed by atoms with Crippen molar-refractivity contribution in [3.05, 3.63) is 54.0 Å². The zero-order valence-corrected chi connectivity index (χ0v) is 11.9. The van der Waals surface area contributed by atoms with Crippen LogP contribution in [0.15, 0.2) is 42.7 Å². The summed E-state index contributed by atoms with van der Waals surface area (Å²) >= 11 is 0. The van der Waals surface area contributed by atoms with E-state index < -0.39 is 0 Å². The lowest BCUT2D eigenvalue weighted by Crippen LogP contribution is -2.01. The molecule has 2 N–H and O–H groups in total. The number of fused-ring (bicyclic) bond motifs is 1. The number of hydrogen-bond donors (Lipinski definition) is 1. The van der Waals surface area contributed by atoms with E-state index in [4.69, 9.17) is 5.73 Å². The zero-order chi connectivity index (χ0) is 14.5. The standard InChI is InChI=1S/C16H19N5/c17-9-4-3-5-14-12-21(20-19-14)11-13-8-10-18-16-7-2-1-6-15(13)16/h1-2,6-8,10,12H,3-5,9,11,17H2. The van der Waals surface area contributed by atoms with Crippen molar-refractivity contribution in [3.63, 3.8) is 0 Å². The molecule has 5 heteroatoms. The summed E-state index contributed by atoms with van der Waals surface area (Å²) in [6, 6.07) is 10.2. The molecule has 5 nitrogen and oxygen atoms in total. The van der Waals surface area contributed by atoms with Crippen LogP contribution in [0.1, 0.15) is 24.1 Å². The second-order valence-electron chi connectivity index (χ2n) is 5.14. The third-order valence-electron chi connectivity index (χ3n) is 3.54. The minimum atomic E-state index is 0.715. The van der Waals surface area contributed by atoms with Gasteiger partial charge in [-0.15, -0.1) is 5.10 Å². The minimum Gasteiger partial charge on any atom is -0.330 e. The van der Waals surface area contributed by atoms with Crippen molar-refractivity contribution >= 4 is 10.9 Å². The maximum Gasteiger partial charge on any atom is 0.0827 e. The molecule has 21 heavy (non-hydrogen) atoms. The summed E-state index contributed by atoms with van der Waals surface area (Å²) in [5.74, 6) is 0. The first-order chi connectivity index (χ1) is 10.4. The number of para-hydroxylation sites is 1. The van der Waals surface area contributed by atoms with Crippen LogP contribution >= 0.6 is 0 Å². The van der Waals surface area contributed by atoms with Crippen LogP contribution in [-0.2, 0) is 13.0 Å². The molecule has 0 saturated carbocycles. The van der Waals surface area contributed by atoms with Crippen LogP contribution in [0.3, 0.4) is 0 Å². The van der Waals surface area contributed by atoms with Crippen molar-refractivity contribution in [1.29, 1.82) is 0 Å². The first kappa shape index (κ1) is 13.7. The number of unbranched alkanes of at least 4 members (excludes halogenated alkanes) is 1. The fourth-order valence-electron chi connectivity index (χ4n) is 2.45. The lowest BCUT2D eigenvalue weighted by atomic mass is 10.1. The van der Waals surface area contributed by atoms with Gasteiger partial charge in [-0.05, 0) is 43.5 Å². The van der Waals surface area contributed by atoms with E-state index in [1.165, 1.54) is 10.9 Å². The number of nitrogens with zero attached hydrogens (tertiary/aromatic N) is 4. The van der Waals surface area contributed by atoms with Gasteiger partial charge < -0.3 is 5.73 Å². The number of benzene rings is 1.